The molecule has 0 spiro atoms. The Hall–Kier alpha value is -0.610. The third-order valence-corrected chi connectivity index (χ3v) is 2.69. The quantitative estimate of drug-likeness (QED) is 0.643. The van der Waals surface area contributed by atoms with E-state index in [1.165, 1.54) is 0 Å². The first-order chi connectivity index (χ1) is 7.33. The van der Waals surface area contributed by atoms with E-state index in [9.17, 15) is 4.79 Å². The van der Waals surface area contributed by atoms with Crippen LogP contribution in [0.15, 0.2) is 0 Å². The summed E-state index contributed by atoms with van der Waals surface area (Å²) < 4.78 is 5.23. The highest BCUT2D eigenvalue weighted by molar-refractivity contribution is 5.76. The lowest BCUT2D eigenvalue weighted by molar-refractivity contribution is -0.122. The molecule has 4 heteroatoms. The fourth-order valence-electron chi connectivity index (χ4n) is 1.75. The smallest absolute Gasteiger partial charge is 0.220 e. The Kier molecular flexibility index (Phi) is 6.36. The Bertz CT molecular complexity index is 179. The zero-order valence-electron chi connectivity index (χ0n) is 9.34. The number of nitrogens with two attached hydrogens (primary N) is 1. The van der Waals surface area contributed by atoms with Crippen molar-refractivity contribution < 1.29 is 9.53 Å². The van der Waals surface area contributed by atoms with Gasteiger partial charge in [-0.15, -0.1) is 0 Å². The largest absolute Gasteiger partial charge is 0.381 e. The summed E-state index contributed by atoms with van der Waals surface area (Å²) in [4.78, 5) is 11.5. The molecule has 1 heterocycles. The highest BCUT2D eigenvalue weighted by Crippen LogP contribution is 2.07. The van der Waals surface area contributed by atoms with E-state index in [4.69, 9.17) is 10.5 Å². The van der Waals surface area contributed by atoms with Gasteiger partial charge in [-0.1, -0.05) is 6.42 Å². The van der Waals surface area contributed by atoms with Gasteiger partial charge in [-0.2, -0.15) is 0 Å². The number of hydrogen-bond donors (Lipinski definition) is 2. The molecule has 0 unspecified atom stereocenters. The summed E-state index contributed by atoms with van der Waals surface area (Å²) in [5.41, 5.74) is 5.38. The molecule has 3 N–H and O–H groups in total. The van der Waals surface area contributed by atoms with E-state index in [2.05, 4.69) is 5.32 Å². The second kappa shape index (κ2) is 7.65. The SMILES string of the molecule is NCCCCCC(=O)NC1CCOCC1. The van der Waals surface area contributed by atoms with Gasteiger partial charge in [0.1, 0.15) is 0 Å². The standard InChI is InChI=1S/C11H22N2O2/c12-7-3-1-2-4-11(14)13-10-5-8-15-9-6-10/h10H,1-9,12H2,(H,13,14). The van der Waals surface area contributed by atoms with Crippen LogP contribution in [0.25, 0.3) is 0 Å². The molecule has 1 aliphatic heterocycles. The van der Waals surface area contributed by atoms with Gasteiger partial charge in [-0.3, -0.25) is 4.79 Å². The zero-order chi connectivity index (χ0) is 10.9. The molecule has 0 saturated carbocycles. The van der Waals surface area contributed by atoms with Gasteiger partial charge in [-0.05, 0) is 32.2 Å². The van der Waals surface area contributed by atoms with Gasteiger partial charge in [0.2, 0.25) is 5.91 Å². The Labute approximate surface area is 91.5 Å². The first kappa shape index (κ1) is 12.5. The number of rotatable bonds is 6. The number of nitrogens with one attached hydrogen (secondary N) is 1. The summed E-state index contributed by atoms with van der Waals surface area (Å²) in [7, 11) is 0. The van der Waals surface area contributed by atoms with Crippen molar-refractivity contribution >= 4 is 5.91 Å². The van der Waals surface area contributed by atoms with Crippen LogP contribution in [0.3, 0.4) is 0 Å². The minimum atomic E-state index is 0.180. The number of carbonyl (C=O) groups excluding carboxylic acids is 1. The van der Waals surface area contributed by atoms with Gasteiger partial charge in [0.05, 0.1) is 0 Å². The summed E-state index contributed by atoms with van der Waals surface area (Å²) in [6, 6.07) is 0.334. The van der Waals surface area contributed by atoms with E-state index >= 15 is 0 Å². The maximum atomic E-state index is 11.5. The van der Waals surface area contributed by atoms with Crippen LogP contribution >= 0.6 is 0 Å². The van der Waals surface area contributed by atoms with Gasteiger partial charge in [-0.25, -0.2) is 0 Å². The minimum Gasteiger partial charge on any atom is -0.381 e. The molecule has 4 nitrogen and oxygen atoms in total. The second-order valence-electron chi connectivity index (χ2n) is 4.05. The van der Waals surface area contributed by atoms with Crippen molar-refractivity contribution in [3.63, 3.8) is 0 Å². The van der Waals surface area contributed by atoms with Crippen LogP contribution in [0.1, 0.15) is 38.5 Å². The van der Waals surface area contributed by atoms with Crippen molar-refractivity contribution in [2.45, 2.75) is 44.6 Å². The van der Waals surface area contributed by atoms with Crippen molar-refractivity contribution in [3.05, 3.63) is 0 Å². The van der Waals surface area contributed by atoms with Crippen molar-refractivity contribution in [1.82, 2.24) is 5.32 Å². The van der Waals surface area contributed by atoms with E-state index in [1.807, 2.05) is 0 Å². The predicted molar refractivity (Wildman–Crippen MR) is 59.5 cm³/mol. The Morgan fingerprint density at radius 2 is 2.00 bits per heavy atom. The molecule has 0 aromatic carbocycles. The molecule has 88 valence electrons. The van der Waals surface area contributed by atoms with Gasteiger partial charge in [0.15, 0.2) is 0 Å². The lowest BCUT2D eigenvalue weighted by Gasteiger charge is -2.23. The first-order valence-electron chi connectivity index (χ1n) is 5.90. The van der Waals surface area contributed by atoms with E-state index < -0.39 is 0 Å². The number of ether oxygens (including phenoxy) is 1. The van der Waals surface area contributed by atoms with E-state index in [0.717, 1.165) is 51.9 Å². The maximum Gasteiger partial charge on any atom is 0.220 e. The van der Waals surface area contributed by atoms with Crippen LogP contribution in [0, 0.1) is 0 Å². The summed E-state index contributed by atoms with van der Waals surface area (Å²) in [5.74, 6) is 0.180. The number of carbonyl (C=O) groups is 1. The van der Waals surface area contributed by atoms with Crippen LogP contribution in [0.2, 0.25) is 0 Å². The molecule has 15 heavy (non-hydrogen) atoms. The summed E-state index contributed by atoms with van der Waals surface area (Å²) >= 11 is 0. The van der Waals surface area contributed by atoms with E-state index in [-0.39, 0.29) is 5.91 Å². The van der Waals surface area contributed by atoms with Gasteiger partial charge in [0.25, 0.3) is 0 Å². The van der Waals surface area contributed by atoms with Crippen LogP contribution in [-0.2, 0) is 9.53 Å². The van der Waals surface area contributed by atoms with Gasteiger partial charge < -0.3 is 15.8 Å². The van der Waals surface area contributed by atoms with E-state index in [1.54, 1.807) is 0 Å². The molecule has 0 aliphatic carbocycles. The Balaban J connectivity index is 2.01. The molecule has 0 radical (unpaired) electrons. The topological polar surface area (TPSA) is 64.4 Å². The molecule has 1 fully saturated rings. The van der Waals surface area contributed by atoms with Crippen LogP contribution in [0.4, 0.5) is 0 Å². The van der Waals surface area contributed by atoms with Crippen molar-refractivity contribution in [2.24, 2.45) is 5.73 Å². The first-order valence-corrected chi connectivity index (χ1v) is 5.90. The lowest BCUT2D eigenvalue weighted by atomic mass is 10.1. The number of hydrogen-bond acceptors (Lipinski definition) is 3. The highest BCUT2D eigenvalue weighted by Gasteiger charge is 2.15. The van der Waals surface area contributed by atoms with Crippen molar-refractivity contribution in [2.75, 3.05) is 19.8 Å². The third kappa shape index (κ3) is 5.74. The van der Waals surface area contributed by atoms with Gasteiger partial charge >= 0.3 is 0 Å². The van der Waals surface area contributed by atoms with Crippen molar-refractivity contribution in [3.8, 4) is 0 Å². The molecule has 0 aromatic rings. The lowest BCUT2D eigenvalue weighted by Crippen LogP contribution is -2.38. The summed E-state index contributed by atoms with van der Waals surface area (Å²) in [6.07, 6.45) is 5.56. The predicted octanol–water partition coefficient (Wildman–Crippen LogP) is 0.801. The Morgan fingerprint density at radius 3 is 2.67 bits per heavy atom. The summed E-state index contributed by atoms with van der Waals surface area (Å²) in [6.45, 7) is 2.28. The third-order valence-electron chi connectivity index (χ3n) is 2.69. The monoisotopic (exact) mass is 214 g/mol. The van der Waals surface area contributed by atoms with Crippen LogP contribution in [-0.4, -0.2) is 31.7 Å². The molecule has 1 amide bonds. The summed E-state index contributed by atoms with van der Waals surface area (Å²) in [5, 5.41) is 3.05. The minimum absolute atomic E-state index is 0.180. The molecule has 1 aliphatic rings. The fourth-order valence-corrected chi connectivity index (χ4v) is 1.75. The highest BCUT2D eigenvalue weighted by atomic mass is 16.5. The molecular weight excluding hydrogens is 192 g/mol. The molecule has 0 atom stereocenters. The molecular formula is C11H22N2O2. The average molecular weight is 214 g/mol. The molecule has 0 aromatic heterocycles. The zero-order valence-corrected chi connectivity index (χ0v) is 9.34. The Morgan fingerprint density at radius 1 is 1.27 bits per heavy atom. The molecule has 1 rings (SSSR count). The molecule has 1 saturated heterocycles. The second-order valence-corrected chi connectivity index (χ2v) is 4.05. The van der Waals surface area contributed by atoms with Crippen LogP contribution in [0.5, 0.6) is 0 Å². The average Bonchev–Trinajstić information content (AvgIpc) is 2.26. The number of unbranched alkanes of at least 4 members (excludes halogenated alkanes) is 2. The number of amides is 1. The maximum absolute atomic E-state index is 11.5. The normalized spacial score (nSPS) is 17.7. The molecule has 0 bridgehead atoms. The van der Waals surface area contributed by atoms with Gasteiger partial charge in [0, 0.05) is 25.7 Å². The van der Waals surface area contributed by atoms with E-state index in [0.29, 0.717) is 12.5 Å². The van der Waals surface area contributed by atoms with Crippen LogP contribution < -0.4 is 11.1 Å². The van der Waals surface area contributed by atoms with Crippen molar-refractivity contribution in [1.29, 1.82) is 0 Å². The fraction of sp³-hybridized carbons (Fsp3) is 0.909.